The molecule has 0 fully saturated rings. The van der Waals surface area contributed by atoms with Gasteiger partial charge in [0.05, 0.1) is 11.4 Å². The summed E-state index contributed by atoms with van der Waals surface area (Å²) in [6, 6.07) is 11.6. The van der Waals surface area contributed by atoms with E-state index in [9.17, 15) is 21.6 Å². The number of sulfone groups is 1. The number of alkyl halides is 3. The number of nitrogens with one attached hydrogen (secondary N) is 1. The first-order valence-electron chi connectivity index (χ1n) is 7.31. The van der Waals surface area contributed by atoms with Crippen LogP contribution in [0.15, 0.2) is 53.4 Å². The second kappa shape index (κ2) is 6.47. The highest BCUT2D eigenvalue weighted by Gasteiger charge is 2.46. The molecular weight excluding hydrogens is 359 g/mol. The summed E-state index contributed by atoms with van der Waals surface area (Å²) in [4.78, 5) is -0.795. The van der Waals surface area contributed by atoms with Crippen molar-refractivity contribution >= 4 is 15.5 Å². The number of benzene rings is 2. The van der Waals surface area contributed by atoms with Crippen molar-refractivity contribution in [2.75, 3.05) is 18.5 Å². The third-order valence-corrected chi connectivity index (χ3v) is 5.07. The summed E-state index contributed by atoms with van der Waals surface area (Å²) < 4.78 is 71.4. The van der Waals surface area contributed by atoms with Crippen LogP contribution >= 0.6 is 0 Å². The highest BCUT2D eigenvalue weighted by atomic mass is 32.2. The average Bonchev–Trinajstić information content (AvgIpc) is 2.59. The van der Waals surface area contributed by atoms with Gasteiger partial charge >= 0.3 is 5.51 Å². The van der Waals surface area contributed by atoms with Crippen molar-refractivity contribution in [2.45, 2.75) is 16.5 Å². The lowest BCUT2D eigenvalue weighted by Crippen LogP contribution is -2.35. The van der Waals surface area contributed by atoms with Crippen LogP contribution in [-0.2, 0) is 9.84 Å². The standard InChI is InChI=1S/C16H14F3NO4S/c17-16(18,19)25(21,22)13-7-5-11(6-8-13)20-9-12-10-23-14-3-1-2-4-15(14)24-12/h1-8,12,20H,9-10H2/t12-/m1/s1. The van der Waals surface area contributed by atoms with Crippen molar-refractivity contribution in [1.29, 1.82) is 0 Å². The Kier molecular flexibility index (Phi) is 4.51. The minimum absolute atomic E-state index is 0.284. The molecule has 1 N–H and O–H groups in total. The fraction of sp³-hybridized carbons (Fsp3) is 0.250. The zero-order valence-electron chi connectivity index (χ0n) is 12.8. The minimum atomic E-state index is -5.33. The molecule has 1 aliphatic rings. The molecule has 0 aliphatic carbocycles. The normalized spacial score (nSPS) is 17.2. The van der Waals surface area contributed by atoms with E-state index in [2.05, 4.69) is 5.32 Å². The lowest BCUT2D eigenvalue weighted by atomic mass is 10.2. The van der Waals surface area contributed by atoms with Gasteiger partial charge in [-0.1, -0.05) is 12.1 Å². The molecule has 1 heterocycles. The van der Waals surface area contributed by atoms with Gasteiger partial charge in [-0.15, -0.1) is 0 Å². The van der Waals surface area contributed by atoms with E-state index in [1.807, 2.05) is 12.1 Å². The zero-order chi connectivity index (χ0) is 18.1. The van der Waals surface area contributed by atoms with E-state index in [0.717, 1.165) is 12.1 Å². The lowest BCUT2D eigenvalue weighted by Gasteiger charge is -2.26. The molecule has 9 heteroatoms. The average molecular weight is 373 g/mol. The Balaban J connectivity index is 1.62. The highest BCUT2D eigenvalue weighted by Crippen LogP contribution is 2.32. The van der Waals surface area contributed by atoms with Crippen LogP contribution in [-0.4, -0.2) is 33.2 Å². The first-order valence-corrected chi connectivity index (χ1v) is 8.79. The lowest BCUT2D eigenvalue weighted by molar-refractivity contribution is -0.0436. The van der Waals surface area contributed by atoms with Gasteiger partial charge in [0.15, 0.2) is 11.5 Å². The number of hydrogen-bond acceptors (Lipinski definition) is 5. The van der Waals surface area contributed by atoms with Crippen LogP contribution in [0.3, 0.4) is 0 Å². The first-order chi connectivity index (χ1) is 11.8. The maximum atomic E-state index is 12.5. The Bertz CT molecular complexity index is 850. The van der Waals surface area contributed by atoms with Gasteiger partial charge in [-0.25, -0.2) is 8.42 Å². The van der Waals surface area contributed by atoms with Crippen LogP contribution in [0.2, 0.25) is 0 Å². The summed E-state index contributed by atoms with van der Waals surface area (Å²) in [6.07, 6.45) is -0.284. The molecule has 0 bridgehead atoms. The molecule has 2 aromatic rings. The summed E-state index contributed by atoms with van der Waals surface area (Å²) in [6.45, 7) is 0.671. The molecule has 0 spiro atoms. The zero-order valence-corrected chi connectivity index (χ0v) is 13.6. The molecule has 0 amide bonds. The molecule has 2 aromatic carbocycles. The van der Waals surface area contributed by atoms with Crippen molar-refractivity contribution in [3.63, 3.8) is 0 Å². The molecule has 5 nitrogen and oxygen atoms in total. The summed E-state index contributed by atoms with van der Waals surface area (Å²) in [5.74, 6) is 1.27. The molecule has 134 valence electrons. The van der Waals surface area contributed by atoms with Gasteiger partial charge in [-0.05, 0) is 36.4 Å². The summed E-state index contributed by atoms with van der Waals surface area (Å²) >= 11 is 0. The number of hydrogen-bond donors (Lipinski definition) is 1. The van der Waals surface area contributed by atoms with Crippen LogP contribution in [0, 0.1) is 0 Å². The van der Waals surface area contributed by atoms with E-state index in [4.69, 9.17) is 9.47 Å². The second-order valence-electron chi connectivity index (χ2n) is 5.35. The fourth-order valence-corrected chi connectivity index (χ4v) is 3.04. The smallest absolute Gasteiger partial charge is 0.486 e. The molecule has 0 saturated heterocycles. The molecule has 3 rings (SSSR count). The number of rotatable bonds is 4. The van der Waals surface area contributed by atoms with Crippen LogP contribution in [0.5, 0.6) is 11.5 Å². The molecular formula is C16H14F3NO4S. The van der Waals surface area contributed by atoms with Gasteiger partial charge in [0.25, 0.3) is 9.84 Å². The molecule has 0 unspecified atom stereocenters. The van der Waals surface area contributed by atoms with Gasteiger partial charge in [0, 0.05) is 5.69 Å². The topological polar surface area (TPSA) is 64.6 Å². The number of para-hydroxylation sites is 2. The van der Waals surface area contributed by atoms with Crippen LogP contribution in [0.25, 0.3) is 0 Å². The van der Waals surface area contributed by atoms with Gasteiger partial charge < -0.3 is 14.8 Å². The number of ether oxygens (including phenoxy) is 2. The van der Waals surface area contributed by atoms with E-state index >= 15 is 0 Å². The van der Waals surface area contributed by atoms with Crippen molar-refractivity contribution in [1.82, 2.24) is 0 Å². The fourth-order valence-electron chi connectivity index (χ4n) is 2.28. The predicted molar refractivity (Wildman–Crippen MR) is 84.5 cm³/mol. The maximum Gasteiger partial charge on any atom is 0.501 e. The summed E-state index contributed by atoms with van der Waals surface area (Å²) in [5.41, 5.74) is -4.84. The van der Waals surface area contributed by atoms with E-state index in [1.165, 1.54) is 12.1 Å². The van der Waals surface area contributed by atoms with E-state index in [0.29, 0.717) is 30.3 Å². The van der Waals surface area contributed by atoms with Gasteiger partial charge in [-0.2, -0.15) is 13.2 Å². The van der Waals surface area contributed by atoms with E-state index in [1.54, 1.807) is 12.1 Å². The largest absolute Gasteiger partial charge is 0.501 e. The number of halogens is 3. The van der Waals surface area contributed by atoms with E-state index < -0.39 is 20.2 Å². The Morgan fingerprint density at radius 1 is 1.04 bits per heavy atom. The molecule has 0 saturated carbocycles. The first kappa shape index (κ1) is 17.4. The Morgan fingerprint density at radius 2 is 1.68 bits per heavy atom. The summed E-state index contributed by atoms with van der Waals surface area (Å²) in [5, 5.41) is 2.98. The number of fused-ring (bicyclic) bond motifs is 1. The minimum Gasteiger partial charge on any atom is -0.486 e. The third kappa shape index (κ3) is 3.65. The third-order valence-electron chi connectivity index (χ3n) is 3.57. The van der Waals surface area contributed by atoms with E-state index in [-0.39, 0.29) is 6.10 Å². The highest BCUT2D eigenvalue weighted by molar-refractivity contribution is 7.92. The quantitative estimate of drug-likeness (QED) is 0.892. The van der Waals surface area contributed by atoms with Crippen molar-refractivity contribution < 1.29 is 31.1 Å². The van der Waals surface area contributed by atoms with Crippen LogP contribution in [0.1, 0.15) is 0 Å². The summed E-state index contributed by atoms with van der Waals surface area (Å²) in [7, 11) is -5.33. The SMILES string of the molecule is O=S(=O)(c1ccc(NC[C@@H]2COc3ccccc3O2)cc1)C(F)(F)F. The van der Waals surface area contributed by atoms with Crippen molar-refractivity contribution in [3.05, 3.63) is 48.5 Å². The Hall–Kier alpha value is -2.42. The Labute approximate surface area is 142 Å². The molecule has 0 radical (unpaired) electrons. The van der Waals surface area contributed by atoms with Crippen molar-refractivity contribution in [2.24, 2.45) is 0 Å². The molecule has 0 aromatic heterocycles. The van der Waals surface area contributed by atoms with Crippen LogP contribution in [0.4, 0.5) is 18.9 Å². The molecule has 1 atom stereocenters. The monoisotopic (exact) mass is 373 g/mol. The predicted octanol–water partition coefficient (Wildman–Crippen LogP) is 3.23. The molecule has 1 aliphatic heterocycles. The maximum absolute atomic E-state index is 12.5. The van der Waals surface area contributed by atoms with Crippen molar-refractivity contribution in [3.8, 4) is 11.5 Å². The van der Waals surface area contributed by atoms with Gasteiger partial charge in [-0.3, -0.25) is 0 Å². The second-order valence-corrected chi connectivity index (χ2v) is 7.29. The Morgan fingerprint density at radius 3 is 2.32 bits per heavy atom. The molecule has 25 heavy (non-hydrogen) atoms. The number of anilines is 1. The van der Waals surface area contributed by atoms with Gasteiger partial charge in [0.2, 0.25) is 0 Å². The van der Waals surface area contributed by atoms with Gasteiger partial charge in [0.1, 0.15) is 12.7 Å². The van der Waals surface area contributed by atoms with Crippen LogP contribution < -0.4 is 14.8 Å².